The van der Waals surface area contributed by atoms with Crippen molar-refractivity contribution in [2.45, 2.75) is 13.0 Å². The smallest absolute Gasteiger partial charge is 0.251 e. The fourth-order valence-electron chi connectivity index (χ4n) is 3.21. The van der Waals surface area contributed by atoms with Crippen LogP contribution in [0.4, 0.5) is 16.0 Å². The number of hydrogen-bond acceptors (Lipinski definition) is 7. The summed E-state index contributed by atoms with van der Waals surface area (Å²) in [7, 11) is 0. The quantitative estimate of drug-likeness (QED) is 0.461. The molecule has 0 saturated heterocycles. The second kappa shape index (κ2) is 9.21. The van der Waals surface area contributed by atoms with Crippen molar-refractivity contribution in [1.29, 1.82) is 0 Å². The average Bonchev–Trinajstić information content (AvgIpc) is 2.79. The summed E-state index contributed by atoms with van der Waals surface area (Å²) in [5.41, 5.74) is 2.56. The summed E-state index contributed by atoms with van der Waals surface area (Å²) < 4.78 is 15.2. The van der Waals surface area contributed by atoms with Crippen LogP contribution >= 0.6 is 11.6 Å². The molecule has 1 unspecified atom stereocenters. The van der Waals surface area contributed by atoms with Gasteiger partial charge in [0.1, 0.15) is 5.82 Å². The molecule has 0 bridgehead atoms. The van der Waals surface area contributed by atoms with Gasteiger partial charge in [0, 0.05) is 24.0 Å². The van der Waals surface area contributed by atoms with Crippen LogP contribution in [0.25, 0.3) is 11.3 Å². The number of aromatic nitrogens is 5. The van der Waals surface area contributed by atoms with Crippen molar-refractivity contribution in [2.75, 3.05) is 11.9 Å². The number of benzene rings is 1. The first-order valence-corrected chi connectivity index (χ1v) is 10.0. The van der Waals surface area contributed by atoms with E-state index in [1.54, 1.807) is 36.7 Å². The summed E-state index contributed by atoms with van der Waals surface area (Å²) in [6, 6.07) is 9.96. The van der Waals surface area contributed by atoms with E-state index in [2.05, 4.69) is 25.5 Å². The molecule has 3 aromatic heterocycles. The van der Waals surface area contributed by atoms with Gasteiger partial charge in [-0.3, -0.25) is 4.79 Å². The Bertz CT molecular complexity index is 1330. The van der Waals surface area contributed by atoms with E-state index in [9.17, 15) is 14.3 Å². The lowest BCUT2D eigenvalue weighted by Gasteiger charge is -2.18. The Hall–Kier alpha value is -3.69. The predicted molar refractivity (Wildman–Crippen MR) is 118 cm³/mol. The Morgan fingerprint density at radius 3 is 2.75 bits per heavy atom. The number of aryl methyl sites for hydroxylation is 1. The van der Waals surface area contributed by atoms with Gasteiger partial charge in [-0.25, -0.2) is 14.4 Å². The molecule has 0 saturated carbocycles. The first-order valence-electron chi connectivity index (χ1n) is 9.63. The van der Waals surface area contributed by atoms with E-state index in [1.807, 2.05) is 6.92 Å². The van der Waals surface area contributed by atoms with E-state index < -0.39 is 11.9 Å². The highest BCUT2D eigenvalue weighted by Crippen LogP contribution is 2.24. The molecule has 0 radical (unpaired) electrons. The van der Waals surface area contributed by atoms with Crippen molar-refractivity contribution in [2.24, 2.45) is 0 Å². The van der Waals surface area contributed by atoms with Crippen molar-refractivity contribution in [1.82, 2.24) is 24.7 Å². The van der Waals surface area contributed by atoms with Crippen molar-refractivity contribution in [3.63, 3.8) is 0 Å². The lowest BCUT2D eigenvalue weighted by molar-refractivity contribution is 0.247. The molecule has 4 aromatic rings. The van der Waals surface area contributed by atoms with Crippen molar-refractivity contribution >= 4 is 23.2 Å². The van der Waals surface area contributed by atoms with Crippen molar-refractivity contribution in [3.05, 3.63) is 93.5 Å². The molecule has 32 heavy (non-hydrogen) atoms. The topological polar surface area (TPSA) is 106 Å². The van der Waals surface area contributed by atoms with Crippen LogP contribution in [-0.2, 0) is 0 Å². The molecule has 1 aromatic carbocycles. The van der Waals surface area contributed by atoms with E-state index >= 15 is 0 Å². The molecule has 1 atom stereocenters. The zero-order chi connectivity index (χ0) is 22.7. The summed E-state index contributed by atoms with van der Waals surface area (Å²) in [5.74, 6) is -0.277. The number of rotatable bonds is 6. The number of pyridine rings is 1. The normalized spacial score (nSPS) is 11.9. The molecular weight excluding hydrogens is 435 g/mol. The van der Waals surface area contributed by atoms with E-state index in [1.165, 1.54) is 29.0 Å². The zero-order valence-electron chi connectivity index (χ0n) is 16.9. The maximum Gasteiger partial charge on any atom is 0.251 e. The van der Waals surface area contributed by atoms with Crippen LogP contribution in [0.2, 0.25) is 5.02 Å². The molecule has 0 aliphatic carbocycles. The average molecular weight is 453 g/mol. The largest absolute Gasteiger partial charge is 0.394 e. The van der Waals surface area contributed by atoms with Gasteiger partial charge in [0.05, 0.1) is 40.9 Å². The molecule has 0 fully saturated rings. The lowest BCUT2D eigenvalue weighted by Crippen LogP contribution is -2.27. The number of aliphatic hydroxyl groups is 1. The van der Waals surface area contributed by atoms with Crippen LogP contribution in [0, 0.1) is 12.7 Å². The van der Waals surface area contributed by atoms with Crippen LogP contribution in [-0.4, -0.2) is 36.4 Å². The maximum atomic E-state index is 13.9. The Morgan fingerprint density at radius 1 is 1.19 bits per heavy atom. The third-order valence-corrected chi connectivity index (χ3v) is 5.20. The Kier molecular flexibility index (Phi) is 6.20. The number of hydrogen-bond donors (Lipinski definition) is 2. The predicted octanol–water partition coefficient (Wildman–Crippen LogP) is 3.52. The summed E-state index contributed by atoms with van der Waals surface area (Å²) in [4.78, 5) is 21.5. The molecule has 0 spiro atoms. The van der Waals surface area contributed by atoms with Crippen molar-refractivity contribution in [3.8, 4) is 11.3 Å². The van der Waals surface area contributed by atoms with Crippen LogP contribution in [0.15, 0.2) is 65.8 Å². The Balaban J connectivity index is 1.64. The molecule has 162 valence electrons. The van der Waals surface area contributed by atoms with Gasteiger partial charge in [0.2, 0.25) is 5.95 Å². The number of nitrogens with one attached hydrogen (secondary N) is 1. The molecule has 3 heterocycles. The second-order valence-corrected chi connectivity index (χ2v) is 7.36. The fourth-order valence-corrected chi connectivity index (χ4v) is 3.33. The minimum absolute atomic E-state index is 0.0287. The summed E-state index contributed by atoms with van der Waals surface area (Å²) in [5, 5.41) is 20.7. The monoisotopic (exact) mass is 452 g/mol. The SMILES string of the molecule is Cc1nnccc1Nc1nccc(-c2ccn(C(CO)c3ccc(Cl)c(F)c3)c(=O)c2)n1. The van der Waals surface area contributed by atoms with Crippen LogP contribution in [0.5, 0.6) is 0 Å². The molecular formula is C22H18ClFN6O2. The van der Waals surface area contributed by atoms with E-state index in [-0.39, 0.29) is 17.2 Å². The van der Waals surface area contributed by atoms with Crippen molar-refractivity contribution < 1.29 is 9.50 Å². The molecule has 0 amide bonds. The van der Waals surface area contributed by atoms with E-state index in [4.69, 9.17) is 11.6 Å². The molecule has 10 heteroatoms. The van der Waals surface area contributed by atoms with Crippen LogP contribution in [0.3, 0.4) is 0 Å². The van der Waals surface area contributed by atoms with Gasteiger partial charge in [-0.05, 0) is 42.8 Å². The first kappa shape index (κ1) is 21.5. The number of aliphatic hydroxyl groups excluding tert-OH is 1. The van der Waals surface area contributed by atoms with Gasteiger partial charge in [-0.1, -0.05) is 17.7 Å². The number of halogens is 2. The lowest BCUT2D eigenvalue weighted by atomic mass is 10.1. The third-order valence-electron chi connectivity index (χ3n) is 4.89. The summed E-state index contributed by atoms with van der Waals surface area (Å²) in [6.07, 6.45) is 4.67. The Morgan fingerprint density at radius 2 is 2.03 bits per heavy atom. The highest BCUT2D eigenvalue weighted by atomic mass is 35.5. The maximum absolute atomic E-state index is 13.9. The minimum Gasteiger partial charge on any atom is -0.394 e. The third kappa shape index (κ3) is 4.48. The first-order chi connectivity index (χ1) is 15.5. The molecule has 8 nitrogen and oxygen atoms in total. The standard InChI is InChI=1S/C22H18ClFN6O2/c1-13-18(5-8-26-29-13)27-22-25-7-4-19(28-22)14-6-9-30(21(32)11-14)20(12-31)15-2-3-16(23)17(24)10-15/h2-11,20,31H,12H2,1H3,(H,25,26,27,28). The fraction of sp³-hybridized carbons (Fsp3) is 0.136. The summed E-state index contributed by atoms with van der Waals surface area (Å²) >= 11 is 5.74. The molecule has 4 rings (SSSR count). The van der Waals surface area contributed by atoms with Crippen LogP contribution in [0.1, 0.15) is 17.3 Å². The highest BCUT2D eigenvalue weighted by Gasteiger charge is 2.16. The molecule has 0 aliphatic rings. The van der Waals surface area contributed by atoms with Gasteiger partial charge in [0.15, 0.2) is 0 Å². The van der Waals surface area contributed by atoms with Crippen LogP contribution < -0.4 is 10.9 Å². The minimum atomic E-state index is -0.756. The number of anilines is 2. The Labute approximate surface area is 187 Å². The summed E-state index contributed by atoms with van der Waals surface area (Å²) in [6.45, 7) is 1.42. The van der Waals surface area contributed by atoms with Gasteiger partial charge >= 0.3 is 0 Å². The van der Waals surface area contributed by atoms with E-state index in [0.717, 1.165) is 0 Å². The number of nitrogens with zero attached hydrogens (tertiary/aromatic N) is 5. The second-order valence-electron chi connectivity index (χ2n) is 6.95. The van der Waals surface area contributed by atoms with E-state index in [0.29, 0.717) is 34.2 Å². The van der Waals surface area contributed by atoms with Gasteiger partial charge in [0.25, 0.3) is 5.56 Å². The highest BCUT2D eigenvalue weighted by molar-refractivity contribution is 6.30. The van der Waals surface area contributed by atoms with Gasteiger partial charge < -0.3 is 15.0 Å². The zero-order valence-corrected chi connectivity index (χ0v) is 17.7. The van der Waals surface area contributed by atoms with Gasteiger partial charge in [-0.2, -0.15) is 10.2 Å². The van der Waals surface area contributed by atoms with Gasteiger partial charge in [-0.15, -0.1) is 0 Å². The molecule has 0 aliphatic heterocycles. The molecule has 2 N–H and O–H groups in total.